The highest BCUT2D eigenvalue weighted by atomic mass is 32.2. The maximum atomic E-state index is 6.30. The Balaban J connectivity index is 2.04. The lowest BCUT2D eigenvalue weighted by Gasteiger charge is -2.27. The summed E-state index contributed by atoms with van der Waals surface area (Å²) in [4.78, 5) is 1.29. The summed E-state index contributed by atoms with van der Waals surface area (Å²) in [6.45, 7) is 1.72. The molecular formula is C13H19NOS. The second kappa shape index (κ2) is 5.71. The third-order valence-corrected chi connectivity index (χ3v) is 4.02. The summed E-state index contributed by atoms with van der Waals surface area (Å²) < 4.78 is 5.36. The normalized spacial score (nSPS) is 19.6. The highest BCUT2D eigenvalue weighted by molar-refractivity contribution is 7.98. The molecule has 3 heteroatoms. The van der Waals surface area contributed by atoms with Crippen LogP contribution in [-0.4, -0.2) is 19.5 Å². The van der Waals surface area contributed by atoms with Crippen LogP contribution in [0, 0.1) is 5.92 Å². The first-order valence-corrected chi connectivity index (χ1v) is 7.01. The lowest BCUT2D eigenvalue weighted by Crippen LogP contribution is -2.27. The van der Waals surface area contributed by atoms with Crippen LogP contribution in [0.3, 0.4) is 0 Å². The molecule has 0 bridgehead atoms. The molecule has 1 saturated heterocycles. The van der Waals surface area contributed by atoms with Crippen LogP contribution < -0.4 is 5.73 Å². The first-order chi connectivity index (χ1) is 7.81. The summed E-state index contributed by atoms with van der Waals surface area (Å²) in [6, 6.07) is 8.79. The average molecular weight is 237 g/mol. The van der Waals surface area contributed by atoms with Gasteiger partial charge in [0.2, 0.25) is 0 Å². The van der Waals surface area contributed by atoms with E-state index in [4.69, 9.17) is 10.5 Å². The third-order valence-electron chi connectivity index (χ3n) is 3.27. The van der Waals surface area contributed by atoms with Gasteiger partial charge in [0.05, 0.1) is 0 Å². The molecule has 1 aliphatic heterocycles. The van der Waals surface area contributed by atoms with Gasteiger partial charge < -0.3 is 10.5 Å². The van der Waals surface area contributed by atoms with Crippen molar-refractivity contribution in [1.29, 1.82) is 0 Å². The smallest absolute Gasteiger partial charge is 0.0469 e. The van der Waals surface area contributed by atoms with Gasteiger partial charge in [0.1, 0.15) is 0 Å². The second-order valence-electron chi connectivity index (χ2n) is 4.25. The van der Waals surface area contributed by atoms with Gasteiger partial charge in [-0.1, -0.05) is 12.1 Å². The Morgan fingerprint density at radius 2 is 1.88 bits per heavy atom. The Morgan fingerprint density at radius 3 is 2.44 bits per heavy atom. The van der Waals surface area contributed by atoms with E-state index in [1.807, 2.05) is 0 Å². The van der Waals surface area contributed by atoms with E-state index >= 15 is 0 Å². The molecule has 1 aliphatic rings. The van der Waals surface area contributed by atoms with E-state index < -0.39 is 0 Å². The van der Waals surface area contributed by atoms with Gasteiger partial charge in [-0.2, -0.15) is 0 Å². The number of hydrogen-bond donors (Lipinski definition) is 1. The zero-order chi connectivity index (χ0) is 11.4. The van der Waals surface area contributed by atoms with E-state index in [1.54, 1.807) is 11.8 Å². The molecular weight excluding hydrogens is 218 g/mol. The summed E-state index contributed by atoms with van der Waals surface area (Å²) in [7, 11) is 0. The van der Waals surface area contributed by atoms with Crippen molar-refractivity contribution in [3.63, 3.8) is 0 Å². The Morgan fingerprint density at radius 1 is 1.25 bits per heavy atom. The SMILES string of the molecule is CSc1ccc([C@H](N)C2CCOCC2)cc1. The Labute approximate surface area is 102 Å². The molecule has 1 fully saturated rings. The van der Waals surface area contributed by atoms with Crippen LogP contribution in [-0.2, 0) is 4.74 Å². The minimum absolute atomic E-state index is 0.166. The summed E-state index contributed by atoms with van der Waals surface area (Å²) in [5.74, 6) is 0.578. The van der Waals surface area contributed by atoms with Crippen LogP contribution >= 0.6 is 11.8 Å². The Hall–Kier alpha value is -0.510. The number of ether oxygens (including phenoxy) is 1. The van der Waals surface area contributed by atoms with Crippen LogP contribution in [0.1, 0.15) is 24.4 Å². The minimum Gasteiger partial charge on any atom is -0.381 e. The van der Waals surface area contributed by atoms with Crippen molar-refractivity contribution in [3.8, 4) is 0 Å². The van der Waals surface area contributed by atoms with Crippen LogP contribution in [0.2, 0.25) is 0 Å². The maximum absolute atomic E-state index is 6.30. The lowest BCUT2D eigenvalue weighted by atomic mass is 9.88. The van der Waals surface area contributed by atoms with E-state index in [2.05, 4.69) is 30.5 Å². The van der Waals surface area contributed by atoms with Gasteiger partial charge in [0.15, 0.2) is 0 Å². The van der Waals surface area contributed by atoms with E-state index in [0.29, 0.717) is 5.92 Å². The number of benzene rings is 1. The van der Waals surface area contributed by atoms with Crippen molar-refractivity contribution in [3.05, 3.63) is 29.8 Å². The zero-order valence-corrected chi connectivity index (χ0v) is 10.5. The fourth-order valence-corrected chi connectivity index (χ4v) is 2.58. The molecule has 0 spiro atoms. The number of rotatable bonds is 3. The summed E-state index contributed by atoms with van der Waals surface area (Å²) in [6.07, 6.45) is 4.27. The molecule has 1 atom stereocenters. The first-order valence-electron chi connectivity index (χ1n) is 5.78. The molecule has 16 heavy (non-hydrogen) atoms. The standard InChI is InChI=1S/C13H19NOS/c1-16-12-4-2-10(3-5-12)13(14)11-6-8-15-9-7-11/h2-5,11,13H,6-9,14H2,1H3/t13-/m0/s1. The van der Waals surface area contributed by atoms with E-state index in [1.165, 1.54) is 10.5 Å². The maximum Gasteiger partial charge on any atom is 0.0469 e. The van der Waals surface area contributed by atoms with Gasteiger partial charge in [-0.25, -0.2) is 0 Å². The van der Waals surface area contributed by atoms with Gasteiger partial charge in [-0.05, 0) is 42.7 Å². The predicted molar refractivity (Wildman–Crippen MR) is 68.7 cm³/mol. The van der Waals surface area contributed by atoms with Crippen molar-refractivity contribution in [2.24, 2.45) is 11.7 Å². The van der Waals surface area contributed by atoms with Crippen LogP contribution in [0.15, 0.2) is 29.2 Å². The summed E-state index contributed by atoms with van der Waals surface area (Å²) in [5.41, 5.74) is 7.55. The van der Waals surface area contributed by atoms with Gasteiger partial charge >= 0.3 is 0 Å². The molecule has 0 radical (unpaired) electrons. The number of thioether (sulfide) groups is 1. The van der Waals surface area contributed by atoms with E-state index in [-0.39, 0.29) is 6.04 Å². The molecule has 2 rings (SSSR count). The molecule has 0 aromatic heterocycles. The third kappa shape index (κ3) is 2.78. The molecule has 2 nitrogen and oxygen atoms in total. The van der Waals surface area contributed by atoms with Gasteiger partial charge in [-0.3, -0.25) is 0 Å². The fraction of sp³-hybridized carbons (Fsp3) is 0.538. The monoisotopic (exact) mass is 237 g/mol. The Bertz CT molecular complexity index is 319. The largest absolute Gasteiger partial charge is 0.381 e. The van der Waals surface area contributed by atoms with Gasteiger partial charge in [0.25, 0.3) is 0 Å². The molecule has 0 amide bonds. The minimum atomic E-state index is 0.166. The van der Waals surface area contributed by atoms with E-state index in [9.17, 15) is 0 Å². The van der Waals surface area contributed by atoms with Crippen LogP contribution in [0.25, 0.3) is 0 Å². The molecule has 0 unspecified atom stereocenters. The van der Waals surface area contributed by atoms with Crippen molar-refractivity contribution in [2.75, 3.05) is 19.5 Å². The van der Waals surface area contributed by atoms with Crippen molar-refractivity contribution >= 4 is 11.8 Å². The van der Waals surface area contributed by atoms with Crippen molar-refractivity contribution in [1.82, 2.24) is 0 Å². The fourth-order valence-electron chi connectivity index (χ4n) is 2.17. The molecule has 88 valence electrons. The van der Waals surface area contributed by atoms with Crippen LogP contribution in [0.5, 0.6) is 0 Å². The van der Waals surface area contributed by atoms with Crippen LogP contribution in [0.4, 0.5) is 0 Å². The average Bonchev–Trinajstić information content (AvgIpc) is 2.39. The topological polar surface area (TPSA) is 35.2 Å². The molecule has 1 aromatic carbocycles. The quantitative estimate of drug-likeness (QED) is 0.821. The molecule has 1 aromatic rings. The lowest BCUT2D eigenvalue weighted by molar-refractivity contribution is 0.0584. The number of hydrogen-bond acceptors (Lipinski definition) is 3. The number of nitrogens with two attached hydrogens (primary N) is 1. The van der Waals surface area contributed by atoms with Crippen molar-refractivity contribution in [2.45, 2.75) is 23.8 Å². The van der Waals surface area contributed by atoms with Gasteiger partial charge in [-0.15, -0.1) is 11.8 Å². The Kier molecular flexibility index (Phi) is 4.27. The highest BCUT2D eigenvalue weighted by Gasteiger charge is 2.21. The predicted octanol–water partition coefficient (Wildman–Crippen LogP) is 2.83. The van der Waals surface area contributed by atoms with Crippen molar-refractivity contribution < 1.29 is 4.74 Å². The molecule has 1 heterocycles. The summed E-state index contributed by atoms with van der Waals surface area (Å²) >= 11 is 1.76. The van der Waals surface area contributed by atoms with Gasteiger partial charge in [0, 0.05) is 24.2 Å². The zero-order valence-electron chi connectivity index (χ0n) is 9.69. The first kappa shape index (κ1) is 12.0. The highest BCUT2D eigenvalue weighted by Crippen LogP contribution is 2.28. The molecule has 0 aliphatic carbocycles. The second-order valence-corrected chi connectivity index (χ2v) is 5.13. The summed E-state index contributed by atoms with van der Waals surface area (Å²) in [5, 5.41) is 0. The molecule has 0 saturated carbocycles. The van der Waals surface area contributed by atoms with E-state index in [0.717, 1.165) is 26.1 Å². The molecule has 2 N–H and O–H groups in total.